The summed E-state index contributed by atoms with van der Waals surface area (Å²) in [6, 6.07) is 16.1. The zero-order valence-electron chi connectivity index (χ0n) is 21.4. The largest absolute Gasteiger partial charge is 0.478 e. The topological polar surface area (TPSA) is 116 Å². The number of aliphatic hydroxyl groups is 1. The number of carbonyl (C=O) groups is 2. The summed E-state index contributed by atoms with van der Waals surface area (Å²) in [7, 11) is 0. The van der Waals surface area contributed by atoms with Gasteiger partial charge in [0.05, 0.1) is 35.0 Å². The Balaban J connectivity index is 1.64. The minimum absolute atomic E-state index is 0.0342. The normalized spacial score (nSPS) is 13.2. The van der Waals surface area contributed by atoms with Crippen LogP contribution in [0.25, 0.3) is 11.1 Å². The Bertz CT molecular complexity index is 1310. The third-order valence-electron chi connectivity index (χ3n) is 6.18. The van der Waals surface area contributed by atoms with Crippen LogP contribution < -0.4 is 5.32 Å². The van der Waals surface area contributed by atoms with Crippen LogP contribution in [0.1, 0.15) is 58.7 Å². The number of rotatable bonds is 12. The van der Waals surface area contributed by atoms with Crippen molar-refractivity contribution in [3.8, 4) is 11.1 Å². The lowest BCUT2D eigenvalue weighted by Crippen LogP contribution is -2.46. The Morgan fingerprint density at radius 2 is 1.71 bits per heavy atom. The highest BCUT2D eigenvalue weighted by Crippen LogP contribution is 2.31. The van der Waals surface area contributed by atoms with E-state index >= 15 is 0 Å². The van der Waals surface area contributed by atoms with Gasteiger partial charge in [-0.25, -0.2) is 14.0 Å². The van der Waals surface area contributed by atoms with Crippen molar-refractivity contribution in [3.63, 3.8) is 0 Å². The molecular formula is C29H31ClFNO6. The maximum atomic E-state index is 13.8. The molecule has 9 heteroatoms. The summed E-state index contributed by atoms with van der Waals surface area (Å²) in [5, 5.41) is 32.7. The average Bonchev–Trinajstić information content (AvgIpc) is 2.87. The molecule has 0 aliphatic heterocycles. The van der Waals surface area contributed by atoms with Gasteiger partial charge >= 0.3 is 11.9 Å². The number of benzene rings is 3. The van der Waals surface area contributed by atoms with Crippen LogP contribution in [0, 0.1) is 5.82 Å². The molecule has 0 unspecified atom stereocenters. The first-order valence-corrected chi connectivity index (χ1v) is 12.4. The van der Waals surface area contributed by atoms with Crippen LogP contribution in [0.2, 0.25) is 5.02 Å². The Morgan fingerprint density at radius 1 is 1.03 bits per heavy atom. The lowest BCUT2D eigenvalue weighted by molar-refractivity contribution is -0.00397. The second-order valence-electron chi connectivity index (χ2n) is 9.78. The van der Waals surface area contributed by atoms with Crippen LogP contribution in [0.3, 0.4) is 0 Å². The molecule has 4 N–H and O–H groups in total. The van der Waals surface area contributed by atoms with E-state index in [1.165, 1.54) is 24.3 Å². The van der Waals surface area contributed by atoms with E-state index in [2.05, 4.69) is 5.32 Å². The first-order chi connectivity index (χ1) is 17.9. The van der Waals surface area contributed by atoms with Crippen LogP contribution in [0.15, 0.2) is 60.7 Å². The molecule has 0 aromatic heterocycles. The quantitative estimate of drug-likeness (QED) is 0.235. The number of aliphatic hydroxyl groups excluding tert-OH is 1. The minimum atomic E-state index is -1.33. The second-order valence-corrected chi connectivity index (χ2v) is 10.2. The number of hydrogen-bond donors (Lipinski definition) is 4. The van der Waals surface area contributed by atoms with Gasteiger partial charge in [-0.1, -0.05) is 48.0 Å². The standard InChI is InChI=1S/C29H31ClFNO6/c1-17(38-16-20(33)15-32-29(2,3)14-18-8-11-25(30)26(31)12-18)21-6-4-5-7-22(21)19-9-10-23(27(34)35)24(13-19)28(36)37/h4-13,17,20,32-33H,14-16H2,1-3H3,(H,34,35)(H,36,37)/t17-,20-/m1/s1. The predicted octanol–water partition coefficient (Wildman–Crippen LogP) is 5.59. The van der Waals surface area contributed by atoms with E-state index < -0.39 is 35.5 Å². The smallest absolute Gasteiger partial charge is 0.336 e. The molecule has 0 bridgehead atoms. The molecule has 3 aromatic rings. The Labute approximate surface area is 225 Å². The molecule has 7 nitrogen and oxygen atoms in total. The van der Waals surface area contributed by atoms with Gasteiger partial charge in [0.1, 0.15) is 5.82 Å². The van der Waals surface area contributed by atoms with Gasteiger partial charge in [-0.3, -0.25) is 0 Å². The molecule has 0 aliphatic carbocycles. The van der Waals surface area contributed by atoms with Gasteiger partial charge in [0.25, 0.3) is 0 Å². The van der Waals surface area contributed by atoms with Crippen molar-refractivity contribution >= 4 is 23.5 Å². The highest BCUT2D eigenvalue weighted by molar-refractivity contribution is 6.30. The molecule has 0 saturated heterocycles. The second kappa shape index (κ2) is 12.5. The van der Waals surface area contributed by atoms with Crippen molar-refractivity contribution in [3.05, 3.63) is 93.8 Å². The highest BCUT2D eigenvalue weighted by atomic mass is 35.5. The maximum Gasteiger partial charge on any atom is 0.336 e. The number of aromatic carboxylic acids is 2. The number of ether oxygens (including phenoxy) is 1. The Morgan fingerprint density at radius 3 is 2.37 bits per heavy atom. The lowest BCUT2D eigenvalue weighted by atomic mass is 9.93. The van der Waals surface area contributed by atoms with Crippen molar-refractivity contribution in [2.24, 2.45) is 0 Å². The molecule has 0 fully saturated rings. The monoisotopic (exact) mass is 543 g/mol. The van der Waals surface area contributed by atoms with Gasteiger partial charge in [-0.05, 0) is 73.7 Å². The van der Waals surface area contributed by atoms with Gasteiger partial charge in [-0.15, -0.1) is 0 Å². The molecule has 0 heterocycles. The van der Waals surface area contributed by atoms with Crippen molar-refractivity contribution in [1.29, 1.82) is 0 Å². The van der Waals surface area contributed by atoms with Crippen LogP contribution in [-0.2, 0) is 11.2 Å². The minimum Gasteiger partial charge on any atom is -0.478 e. The molecule has 0 spiro atoms. The Hall–Kier alpha value is -3.30. The maximum absolute atomic E-state index is 13.8. The third kappa shape index (κ3) is 7.61. The van der Waals surface area contributed by atoms with E-state index in [4.69, 9.17) is 16.3 Å². The first-order valence-electron chi connectivity index (χ1n) is 12.1. The predicted molar refractivity (Wildman–Crippen MR) is 143 cm³/mol. The van der Waals surface area contributed by atoms with Crippen LogP contribution in [-0.4, -0.2) is 52.1 Å². The molecule has 0 saturated carbocycles. The lowest BCUT2D eigenvalue weighted by Gasteiger charge is -2.28. The van der Waals surface area contributed by atoms with Gasteiger partial charge in [0.15, 0.2) is 0 Å². The summed E-state index contributed by atoms with van der Waals surface area (Å²) in [6.45, 7) is 6.00. The summed E-state index contributed by atoms with van der Waals surface area (Å²) in [5.41, 5.74) is 1.76. The van der Waals surface area contributed by atoms with E-state index in [0.29, 0.717) is 17.5 Å². The summed E-state index contributed by atoms with van der Waals surface area (Å²) >= 11 is 5.76. The van der Waals surface area contributed by atoms with E-state index in [0.717, 1.165) is 11.1 Å². The van der Waals surface area contributed by atoms with Crippen molar-refractivity contribution in [2.75, 3.05) is 13.2 Å². The number of nitrogens with one attached hydrogen (secondary N) is 1. The third-order valence-corrected chi connectivity index (χ3v) is 6.48. The fraction of sp³-hybridized carbons (Fsp3) is 0.310. The van der Waals surface area contributed by atoms with Crippen LogP contribution >= 0.6 is 11.6 Å². The first kappa shape index (κ1) is 29.3. The Kier molecular flexibility index (Phi) is 9.62. The van der Waals surface area contributed by atoms with E-state index in [1.807, 2.05) is 32.9 Å². The van der Waals surface area contributed by atoms with Crippen LogP contribution in [0.4, 0.5) is 4.39 Å². The SMILES string of the molecule is C[C@@H](OC[C@H](O)CNC(C)(C)Cc1ccc(Cl)c(F)c1)c1ccccc1-c1ccc(C(=O)O)c(C(=O)O)c1. The van der Waals surface area contributed by atoms with Crippen LogP contribution in [0.5, 0.6) is 0 Å². The molecular weight excluding hydrogens is 513 g/mol. The summed E-state index contributed by atoms with van der Waals surface area (Å²) in [4.78, 5) is 23.0. The van der Waals surface area contributed by atoms with Crippen molar-refractivity contribution in [1.82, 2.24) is 5.32 Å². The van der Waals surface area contributed by atoms with E-state index in [1.54, 1.807) is 24.3 Å². The molecule has 3 aromatic carbocycles. The number of hydrogen-bond acceptors (Lipinski definition) is 5. The van der Waals surface area contributed by atoms with Gasteiger partial charge in [0, 0.05) is 12.1 Å². The fourth-order valence-corrected chi connectivity index (χ4v) is 4.33. The average molecular weight is 544 g/mol. The number of halogens is 2. The van der Waals surface area contributed by atoms with Gasteiger partial charge in [0.2, 0.25) is 0 Å². The summed E-state index contributed by atoms with van der Waals surface area (Å²) in [5.74, 6) is -3.12. The summed E-state index contributed by atoms with van der Waals surface area (Å²) in [6.07, 6.45) is -0.741. The summed E-state index contributed by atoms with van der Waals surface area (Å²) < 4.78 is 19.7. The molecule has 38 heavy (non-hydrogen) atoms. The zero-order chi connectivity index (χ0) is 28.0. The molecule has 3 rings (SSSR count). The zero-order valence-corrected chi connectivity index (χ0v) is 22.1. The molecule has 202 valence electrons. The number of carboxylic acid groups (broad SMARTS) is 2. The van der Waals surface area contributed by atoms with Crippen molar-refractivity contribution < 1.29 is 34.0 Å². The number of β-amino-alcohol motifs (C(OH)–C–C–N with tert-alkyl or cyclic N) is 1. The van der Waals surface area contributed by atoms with E-state index in [-0.39, 0.29) is 29.3 Å². The molecule has 0 amide bonds. The van der Waals surface area contributed by atoms with Gasteiger partial charge in [-0.2, -0.15) is 0 Å². The fourth-order valence-electron chi connectivity index (χ4n) is 4.21. The van der Waals surface area contributed by atoms with Gasteiger partial charge < -0.3 is 25.4 Å². The molecule has 0 aliphatic rings. The highest BCUT2D eigenvalue weighted by Gasteiger charge is 2.22. The van der Waals surface area contributed by atoms with E-state index in [9.17, 15) is 29.3 Å². The molecule has 2 atom stereocenters. The number of carboxylic acids is 2. The molecule has 0 radical (unpaired) electrons. The van der Waals surface area contributed by atoms with Crippen molar-refractivity contribution in [2.45, 2.75) is 44.9 Å².